The highest BCUT2D eigenvalue weighted by Crippen LogP contribution is 2.31. The number of anilines is 2. The van der Waals surface area contributed by atoms with Crippen LogP contribution in [0.4, 0.5) is 29.6 Å². The summed E-state index contributed by atoms with van der Waals surface area (Å²) in [6, 6.07) is 20.2. The first-order valence-corrected chi connectivity index (χ1v) is 15.9. The van der Waals surface area contributed by atoms with Crippen LogP contribution >= 0.6 is 0 Å². The van der Waals surface area contributed by atoms with Crippen LogP contribution in [0, 0.1) is 6.92 Å². The smallest absolute Gasteiger partial charge is 0.416 e. The Kier molecular flexibility index (Phi) is 9.71. The van der Waals surface area contributed by atoms with E-state index in [0.29, 0.717) is 52.6 Å². The molecule has 15 heteroatoms. The van der Waals surface area contributed by atoms with Crippen molar-refractivity contribution in [2.45, 2.75) is 19.6 Å². The van der Waals surface area contributed by atoms with E-state index in [1.807, 2.05) is 4.90 Å². The number of benzene rings is 3. The highest BCUT2D eigenvalue weighted by molar-refractivity contribution is 5.94. The van der Waals surface area contributed by atoms with Gasteiger partial charge in [-0.1, -0.05) is 18.2 Å². The molecule has 0 saturated carbocycles. The molecule has 1 aliphatic rings. The molecule has 0 radical (unpaired) electrons. The van der Waals surface area contributed by atoms with Crippen LogP contribution in [-0.2, 0) is 17.5 Å². The Morgan fingerprint density at radius 2 is 1.55 bits per heavy atom. The van der Waals surface area contributed by atoms with Crippen molar-refractivity contribution in [3.8, 4) is 5.69 Å². The maximum absolute atomic E-state index is 13.2. The zero-order valence-electron chi connectivity index (χ0n) is 27.5. The van der Waals surface area contributed by atoms with Crippen LogP contribution in [0.15, 0.2) is 89.7 Å². The zero-order valence-corrected chi connectivity index (χ0v) is 27.5. The van der Waals surface area contributed by atoms with Crippen molar-refractivity contribution >= 4 is 40.6 Å². The Labute approximate surface area is 289 Å². The van der Waals surface area contributed by atoms with Crippen molar-refractivity contribution < 1.29 is 32.3 Å². The summed E-state index contributed by atoms with van der Waals surface area (Å²) in [5.41, 5.74) is 1.90. The molecule has 0 aliphatic carbocycles. The van der Waals surface area contributed by atoms with E-state index in [1.165, 1.54) is 34.8 Å². The number of fused-ring (bicyclic) bond motifs is 1. The van der Waals surface area contributed by atoms with E-state index >= 15 is 0 Å². The van der Waals surface area contributed by atoms with Gasteiger partial charge in [-0.05, 0) is 73.2 Å². The third kappa shape index (κ3) is 7.66. The number of nitrogens with one attached hydrogen (secondary N) is 2. The van der Waals surface area contributed by atoms with E-state index in [9.17, 15) is 32.3 Å². The van der Waals surface area contributed by atoms with Crippen LogP contribution in [0.5, 0.6) is 0 Å². The molecule has 0 spiro atoms. The standard InChI is InChI=1S/C36H32F3N7O5/c1-22-29-14-15-30(47)46(28-12-10-24(11-13-28)32(48)40-21-23-6-8-25(9-7-23)33(49)51-2)31(29)43-34(41-22)44-16-18-45(19-17-44)35(50)42-27-5-3-4-26(20-27)36(37,38)39/h3-15,20H,16-19,21H2,1-2H3,(H,40,48)(H,42,50). The van der Waals surface area contributed by atoms with Gasteiger partial charge in [-0.3, -0.25) is 14.2 Å². The molecule has 6 rings (SSSR count). The molecule has 0 bridgehead atoms. The Hall–Kier alpha value is -6.25. The molecule has 1 saturated heterocycles. The number of urea groups is 1. The normalized spacial score (nSPS) is 13.2. The summed E-state index contributed by atoms with van der Waals surface area (Å²) in [6.45, 7) is 3.24. The van der Waals surface area contributed by atoms with Crippen molar-refractivity contribution in [2.75, 3.05) is 43.5 Å². The zero-order chi connectivity index (χ0) is 36.3. The van der Waals surface area contributed by atoms with E-state index in [-0.39, 0.29) is 36.8 Å². The topological polar surface area (TPSA) is 139 Å². The van der Waals surface area contributed by atoms with Gasteiger partial charge in [0, 0.05) is 55.4 Å². The second kappa shape index (κ2) is 14.3. The summed E-state index contributed by atoms with van der Waals surface area (Å²) in [6.07, 6.45) is -4.53. The Balaban J connectivity index is 1.14. The van der Waals surface area contributed by atoms with Crippen LogP contribution in [0.1, 0.15) is 37.5 Å². The average Bonchev–Trinajstić information content (AvgIpc) is 3.13. The van der Waals surface area contributed by atoms with Gasteiger partial charge in [-0.15, -0.1) is 0 Å². The molecular formula is C36H32F3N7O5. The van der Waals surface area contributed by atoms with Gasteiger partial charge in [0.1, 0.15) is 0 Å². The first-order chi connectivity index (χ1) is 24.4. The number of hydrogen-bond donors (Lipinski definition) is 2. The number of aryl methyl sites for hydroxylation is 1. The summed E-state index contributed by atoms with van der Waals surface area (Å²) in [7, 11) is 1.30. The van der Waals surface area contributed by atoms with Gasteiger partial charge in [-0.2, -0.15) is 18.2 Å². The van der Waals surface area contributed by atoms with Gasteiger partial charge in [0.05, 0.1) is 29.6 Å². The molecule has 5 aromatic rings. The number of amides is 3. The van der Waals surface area contributed by atoms with Crippen molar-refractivity contribution in [2.24, 2.45) is 0 Å². The van der Waals surface area contributed by atoms with Gasteiger partial charge in [-0.25, -0.2) is 14.6 Å². The number of esters is 1. The number of piperazine rings is 1. The molecule has 0 unspecified atom stereocenters. The van der Waals surface area contributed by atoms with Crippen LogP contribution in [0.3, 0.4) is 0 Å². The Morgan fingerprint density at radius 1 is 0.863 bits per heavy atom. The van der Waals surface area contributed by atoms with Crippen LogP contribution in [0.2, 0.25) is 0 Å². The van der Waals surface area contributed by atoms with E-state index in [2.05, 4.69) is 15.6 Å². The van der Waals surface area contributed by atoms with Gasteiger partial charge in [0.15, 0.2) is 5.65 Å². The Bertz CT molecular complexity index is 2160. The third-order valence-electron chi connectivity index (χ3n) is 8.44. The highest BCUT2D eigenvalue weighted by atomic mass is 19.4. The van der Waals surface area contributed by atoms with E-state index in [0.717, 1.165) is 17.7 Å². The van der Waals surface area contributed by atoms with Gasteiger partial charge < -0.3 is 25.2 Å². The number of halogens is 3. The number of carbonyl (C=O) groups excluding carboxylic acids is 3. The summed E-state index contributed by atoms with van der Waals surface area (Å²) in [5, 5.41) is 6.03. The largest absolute Gasteiger partial charge is 0.465 e. The summed E-state index contributed by atoms with van der Waals surface area (Å²) < 4.78 is 45.5. The maximum atomic E-state index is 13.2. The number of pyridine rings is 1. The lowest BCUT2D eigenvalue weighted by atomic mass is 10.1. The maximum Gasteiger partial charge on any atom is 0.416 e. The van der Waals surface area contributed by atoms with Gasteiger partial charge in [0.2, 0.25) is 5.95 Å². The first-order valence-electron chi connectivity index (χ1n) is 15.9. The lowest BCUT2D eigenvalue weighted by Crippen LogP contribution is -2.50. The molecule has 12 nitrogen and oxygen atoms in total. The van der Waals surface area contributed by atoms with E-state index < -0.39 is 23.7 Å². The van der Waals surface area contributed by atoms with Crippen LogP contribution in [0.25, 0.3) is 16.7 Å². The summed E-state index contributed by atoms with van der Waals surface area (Å²) >= 11 is 0. The van der Waals surface area contributed by atoms with Crippen LogP contribution < -0.4 is 21.1 Å². The number of carbonyl (C=O) groups is 3. The molecule has 1 fully saturated rings. The lowest BCUT2D eigenvalue weighted by molar-refractivity contribution is -0.137. The average molecular weight is 700 g/mol. The molecular weight excluding hydrogens is 667 g/mol. The molecule has 2 N–H and O–H groups in total. The van der Waals surface area contributed by atoms with Crippen LogP contribution in [-0.4, -0.2) is 70.6 Å². The number of methoxy groups -OCH3 is 1. The third-order valence-corrected chi connectivity index (χ3v) is 8.44. The summed E-state index contributed by atoms with van der Waals surface area (Å²) in [5.74, 6) is -0.421. The fourth-order valence-corrected chi connectivity index (χ4v) is 5.65. The van der Waals surface area contributed by atoms with E-state index in [1.54, 1.807) is 61.5 Å². The fourth-order valence-electron chi connectivity index (χ4n) is 5.65. The van der Waals surface area contributed by atoms with E-state index in [4.69, 9.17) is 9.72 Å². The highest BCUT2D eigenvalue weighted by Gasteiger charge is 2.31. The second-order valence-electron chi connectivity index (χ2n) is 11.8. The SMILES string of the molecule is COC(=O)c1ccc(CNC(=O)c2ccc(-n3c(=O)ccc4c(C)nc(N5CCN(C(=O)Nc6cccc(C(F)(F)F)c6)CC5)nc43)cc2)cc1. The molecule has 3 heterocycles. The minimum absolute atomic E-state index is 0.0429. The van der Waals surface area contributed by atoms with Crippen molar-refractivity contribution in [3.05, 3.63) is 123 Å². The minimum atomic E-state index is -4.53. The Morgan fingerprint density at radius 3 is 2.22 bits per heavy atom. The number of nitrogens with zero attached hydrogens (tertiary/aromatic N) is 5. The predicted octanol–water partition coefficient (Wildman–Crippen LogP) is 5.18. The number of ether oxygens (including phenoxy) is 1. The number of alkyl halides is 3. The molecule has 262 valence electrons. The summed E-state index contributed by atoms with van der Waals surface area (Å²) in [4.78, 5) is 63.4. The van der Waals surface area contributed by atoms with Gasteiger partial charge >= 0.3 is 18.2 Å². The van der Waals surface area contributed by atoms with Crippen molar-refractivity contribution in [3.63, 3.8) is 0 Å². The first kappa shape index (κ1) is 34.6. The monoisotopic (exact) mass is 699 g/mol. The fraction of sp³-hybridized carbons (Fsp3) is 0.222. The number of rotatable bonds is 7. The molecule has 2 aromatic heterocycles. The molecule has 3 amide bonds. The van der Waals surface area contributed by atoms with Gasteiger partial charge in [0.25, 0.3) is 11.5 Å². The molecule has 3 aromatic carbocycles. The number of hydrogen-bond acceptors (Lipinski definition) is 8. The molecule has 1 aliphatic heterocycles. The minimum Gasteiger partial charge on any atom is -0.465 e. The number of aromatic nitrogens is 3. The van der Waals surface area contributed by atoms with Crippen molar-refractivity contribution in [1.82, 2.24) is 24.8 Å². The quantitative estimate of drug-likeness (QED) is 0.222. The molecule has 51 heavy (non-hydrogen) atoms. The molecule has 0 atom stereocenters. The lowest BCUT2D eigenvalue weighted by Gasteiger charge is -2.35. The second-order valence-corrected chi connectivity index (χ2v) is 11.8. The predicted molar refractivity (Wildman–Crippen MR) is 183 cm³/mol. The van der Waals surface area contributed by atoms with Crippen molar-refractivity contribution in [1.29, 1.82) is 0 Å².